The molecule has 2 rings (SSSR count). The molecule has 21 heavy (non-hydrogen) atoms. The van der Waals surface area contributed by atoms with Gasteiger partial charge >= 0.3 is 0 Å². The number of hydrogen-bond donors (Lipinski definition) is 1. The van der Waals surface area contributed by atoms with Gasteiger partial charge in [0.2, 0.25) is 0 Å². The van der Waals surface area contributed by atoms with Crippen molar-refractivity contribution in [2.75, 3.05) is 11.4 Å². The third kappa shape index (κ3) is 3.25. The molecule has 0 saturated heterocycles. The Morgan fingerprint density at radius 3 is 1.95 bits per heavy atom. The Hall–Kier alpha value is -1.85. The molecule has 0 spiro atoms. The first kappa shape index (κ1) is 15.5. The fourth-order valence-corrected chi connectivity index (χ4v) is 3.23. The smallest absolute Gasteiger partial charge is 0.264 e. The molecule has 112 valence electrons. The highest BCUT2D eigenvalue weighted by Crippen LogP contribution is 2.22. The largest absolute Gasteiger partial charge is 0.326 e. The van der Waals surface area contributed by atoms with E-state index in [1.165, 1.54) is 9.87 Å². The van der Waals surface area contributed by atoms with Crippen LogP contribution in [-0.4, -0.2) is 15.5 Å². The highest BCUT2D eigenvalue weighted by atomic mass is 32.2. The predicted molar refractivity (Wildman–Crippen MR) is 85.7 cm³/mol. The Balaban J connectivity index is 2.32. The van der Waals surface area contributed by atoms with Crippen molar-refractivity contribution in [2.24, 2.45) is 5.73 Å². The van der Waals surface area contributed by atoms with Crippen LogP contribution in [0.2, 0.25) is 0 Å². The first-order valence-corrected chi connectivity index (χ1v) is 8.30. The van der Waals surface area contributed by atoms with E-state index in [1.807, 2.05) is 24.3 Å². The zero-order valence-electron chi connectivity index (χ0n) is 12.3. The Morgan fingerprint density at radius 2 is 1.48 bits per heavy atom. The summed E-state index contributed by atoms with van der Waals surface area (Å²) >= 11 is 0. The Bertz CT molecular complexity index is 692. The monoisotopic (exact) mass is 304 g/mol. The van der Waals surface area contributed by atoms with Crippen molar-refractivity contribution < 1.29 is 8.42 Å². The average molecular weight is 304 g/mol. The van der Waals surface area contributed by atoms with Gasteiger partial charge in [-0.2, -0.15) is 0 Å². The molecule has 4 nitrogen and oxygen atoms in total. The summed E-state index contributed by atoms with van der Waals surface area (Å²) in [5.41, 5.74) is 8.26. The number of hydrogen-bond acceptors (Lipinski definition) is 3. The van der Waals surface area contributed by atoms with Crippen molar-refractivity contribution in [3.63, 3.8) is 0 Å². The van der Waals surface area contributed by atoms with E-state index in [-0.39, 0.29) is 4.90 Å². The highest BCUT2D eigenvalue weighted by Gasteiger charge is 2.20. The van der Waals surface area contributed by atoms with E-state index in [4.69, 9.17) is 5.73 Å². The number of rotatable bonds is 5. The van der Waals surface area contributed by atoms with Gasteiger partial charge in [-0.25, -0.2) is 8.42 Å². The van der Waals surface area contributed by atoms with Crippen LogP contribution in [0.5, 0.6) is 0 Å². The van der Waals surface area contributed by atoms with Crippen LogP contribution < -0.4 is 10.0 Å². The molecule has 0 radical (unpaired) electrons. The van der Waals surface area contributed by atoms with E-state index in [1.54, 1.807) is 31.3 Å². The van der Waals surface area contributed by atoms with E-state index in [2.05, 4.69) is 6.92 Å². The van der Waals surface area contributed by atoms with Gasteiger partial charge in [-0.05, 0) is 41.8 Å². The van der Waals surface area contributed by atoms with Crippen LogP contribution in [0, 0.1) is 0 Å². The minimum Gasteiger partial charge on any atom is -0.326 e. The number of aryl methyl sites for hydroxylation is 1. The van der Waals surface area contributed by atoms with Gasteiger partial charge in [0.1, 0.15) is 0 Å². The number of sulfonamides is 1. The van der Waals surface area contributed by atoms with Crippen LogP contribution in [0.1, 0.15) is 18.1 Å². The SMILES string of the molecule is CCc1ccc(N(C)S(=O)(=O)c2ccc(CN)cc2)cc1. The first-order chi connectivity index (χ1) is 9.98. The van der Waals surface area contributed by atoms with Crippen molar-refractivity contribution in [3.05, 3.63) is 59.7 Å². The molecule has 0 bridgehead atoms. The number of anilines is 1. The van der Waals surface area contributed by atoms with Crippen LogP contribution in [0.4, 0.5) is 5.69 Å². The molecule has 0 aromatic heterocycles. The summed E-state index contributed by atoms with van der Waals surface area (Å²) in [6.07, 6.45) is 0.928. The molecular formula is C16H20N2O2S. The predicted octanol–water partition coefficient (Wildman–Crippen LogP) is 2.53. The van der Waals surface area contributed by atoms with Crippen molar-refractivity contribution in [1.29, 1.82) is 0 Å². The zero-order valence-corrected chi connectivity index (χ0v) is 13.1. The zero-order chi connectivity index (χ0) is 15.5. The van der Waals surface area contributed by atoms with Crippen molar-refractivity contribution >= 4 is 15.7 Å². The van der Waals surface area contributed by atoms with E-state index >= 15 is 0 Å². The Labute approximate surface area is 126 Å². The fourth-order valence-electron chi connectivity index (χ4n) is 2.04. The Kier molecular flexibility index (Phi) is 4.65. The second-order valence-corrected chi connectivity index (χ2v) is 6.81. The van der Waals surface area contributed by atoms with Crippen molar-refractivity contribution in [1.82, 2.24) is 0 Å². The van der Waals surface area contributed by atoms with Gasteiger partial charge < -0.3 is 5.73 Å². The third-order valence-corrected chi connectivity index (χ3v) is 5.33. The van der Waals surface area contributed by atoms with Crippen LogP contribution in [0.3, 0.4) is 0 Å². The summed E-state index contributed by atoms with van der Waals surface area (Å²) in [5.74, 6) is 0. The Morgan fingerprint density at radius 1 is 0.952 bits per heavy atom. The molecule has 0 atom stereocenters. The van der Waals surface area contributed by atoms with Gasteiger partial charge in [-0.15, -0.1) is 0 Å². The van der Waals surface area contributed by atoms with E-state index in [0.717, 1.165) is 12.0 Å². The van der Waals surface area contributed by atoms with Crippen molar-refractivity contribution in [3.8, 4) is 0 Å². The second-order valence-electron chi connectivity index (χ2n) is 4.84. The highest BCUT2D eigenvalue weighted by molar-refractivity contribution is 7.92. The standard InChI is InChI=1S/C16H20N2O2S/c1-3-13-4-8-15(9-5-13)18(2)21(19,20)16-10-6-14(12-17)7-11-16/h4-11H,3,12,17H2,1-2H3. The lowest BCUT2D eigenvalue weighted by Gasteiger charge is -2.20. The van der Waals surface area contributed by atoms with Gasteiger partial charge in [0.05, 0.1) is 10.6 Å². The lowest BCUT2D eigenvalue weighted by atomic mass is 10.1. The maximum atomic E-state index is 12.6. The normalized spacial score (nSPS) is 11.4. The van der Waals surface area contributed by atoms with Gasteiger partial charge in [0.25, 0.3) is 10.0 Å². The van der Waals surface area contributed by atoms with Crippen molar-refractivity contribution in [2.45, 2.75) is 24.8 Å². The molecule has 2 aromatic rings. The average Bonchev–Trinajstić information content (AvgIpc) is 2.54. The third-order valence-electron chi connectivity index (χ3n) is 3.53. The van der Waals surface area contributed by atoms with Gasteiger partial charge in [0, 0.05) is 13.6 Å². The molecule has 0 fully saturated rings. The molecule has 0 saturated carbocycles. The summed E-state index contributed by atoms with van der Waals surface area (Å²) in [4.78, 5) is 0.266. The second kappa shape index (κ2) is 6.28. The number of nitrogens with zero attached hydrogens (tertiary/aromatic N) is 1. The molecule has 0 aliphatic carbocycles. The minimum atomic E-state index is -3.54. The van der Waals surface area contributed by atoms with Crippen LogP contribution in [0.25, 0.3) is 0 Å². The van der Waals surface area contributed by atoms with Crippen LogP contribution in [0.15, 0.2) is 53.4 Å². The maximum absolute atomic E-state index is 12.6. The molecule has 0 aliphatic heterocycles. The lowest BCUT2D eigenvalue weighted by molar-refractivity contribution is 0.594. The molecule has 0 aliphatic rings. The molecule has 2 N–H and O–H groups in total. The van der Waals surface area contributed by atoms with Crippen LogP contribution in [-0.2, 0) is 23.0 Å². The summed E-state index contributed by atoms with van der Waals surface area (Å²) in [6, 6.07) is 14.2. The molecule has 5 heteroatoms. The molecule has 0 unspecified atom stereocenters. The van der Waals surface area contributed by atoms with E-state index in [9.17, 15) is 8.42 Å². The summed E-state index contributed by atoms with van der Waals surface area (Å²) in [5, 5.41) is 0. The summed E-state index contributed by atoms with van der Waals surface area (Å²) in [7, 11) is -1.98. The van der Waals surface area contributed by atoms with Gasteiger partial charge in [-0.3, -0.25) is 4.31 Å². The molecule has 0 amide bonds. The maximum Gasteiger partial charge on any atom is 0.264 e. The van der Waals surface area contributed by atoms with Gasteiger partial charge in [0.15, 0.2) is 0 Å². The molecular weight excluding hydrogens is 284 g/mol. The topological polar surface area (TPSA) is 63.4 Å². The number of nitrogens with two attached hydrogens (primary N) is 1. The molecule has 2 aromatic carbocycles. The van der Waals surface area contributed by atoms with E-state index < -0.39 is 10.0 Å². The first-order valence-electron chi connectivity index (χ1n) is 6.86. The summed E-state index contributed by atoms with van der Waals surface area (Å²) < 4.78 is 26.5. The quantitative estimate of drug-likeness (QED) is 0.923. The fraction of sp³-hybridized carbons (Fsp3) is 0.250. The van der Waals surface area contributed by atoms with E-state index in [0.29, 0.717) is 12.2 Å². The lowest BCUT2D eigenvalue weighted by Crippen LogP contribution is -2.26. The van der Waals surface area contributed by atoms with Crippen LogP contribution >= 0.6 is 0 Å². The molecule has 0 heterocycles. The van der Waals surface area contributed by atoms with Gasteiger partial charge in [-0.1, -0.05) is 31.2 Å². The minimum absolute atomic E-state index is 0.266. The summed E-state index contributed by atoms with van der Waals surface area (Å²) in [6.45, 7) is 2.46. The number of benzene rings is 2.